The van der Waals surface area contributed by atoms with E-state index in [4.69, 9.17) is 0 Å². The number of halogens is 2. The fraction of sp³-hybridized carbons (Fsp3) is 0.308. The van der Waals surface area contributed by atoms with Crippen LogP contribution in [0.15, 0.2) is 33.7 Å². The van der Waals surface area contributed by atoms with Gasteiger partial charge < -0.3 is 10.6 Å². The van der Waals surface area contributed by atoms with Gasteiger partial charge in [0, 0.05) is 15.5 Å². The molecule has 0 saturated heterocycles. The molecule has 1 atom stereocenters. The van der Waals surface area contributed by atoms with Gasteiger partial charge in [0.2, 0.25) is 5.91 Å². The van der Waals surface area contributed by atoms with E-state index in [0.29, 0.717) is 6.54 Å². The summed E-state index contributed by atoms with van der Waals surface area (Å²) >= 11 is 6.98. The Hall–Kier alpha value is -0.810. The number of rotatable bonds is 5. The molecule has 1 aromatic rings. The van der Waals surface area contributed by atoms with Gasteiger partial charge in [0.1, 0.15) is 6.04 Å². The van der Waals surface area contributed by atoms with Crippen molar-refractivity contribution in [2.45, 2.75) is 19.9 Å². The second-order valence-electron chi connectivity index (χ2n) is 4.00. The van der Waals surface area contributed by atoms with Crippen molar-refractivity contribution in [2.75, 3.05) is 11.9 Å². The Morgan fingerprint density at radius 2 is 2.00 bits per heavy atom. The molecule has 0 aliphatic heterocycles. The number of nitrogens with one attached hydrogen (secondary N) is 2. The molecule has 1 amide bonds. The molecule has 2 N–H and O–H groups in total. The molecule has 0 radical (unpaired) electrons. The zero-order valence-corrected chi connectivity index (χ0v) is 13.6. The highest BCUT2D eigenvalue weighted by atomic mass is 79.9. The van der Waals surface area contributed by atoms with Crippen molar-refractivity contribution in [1.82, 2.24) is 5.32 Å². The normalized spacial score (nSPS) is 11.8. The van der Waals surface area contributed by atoms with Crippen LogP contribution in [0.25, 0.3) is 0 Å². The van der Waals surface area contributed by atoms with Crippen LogP contribution < -0.4 is 10.6 Å². The second-order valence-corrected chi connectivity index (χ2v) is 5.71. The molecule has 0 aromatic heterocycles. The number of anilines is 1. The first kappa shape index (κ1) is 15.2. The zero-order chi connectivity index (χ0) is 13.7. The number of carbonyl (C=O) groups is 1. The molecular weight excluding hydrogens is 360 g/mol. The van der Waals surface area contributed by atoms with Crippen molar-refractivity contribution < 1.29 is 4.79 Å². The van der Waals surface area contributed by atoms with Gasteiger partial charge in [-0.2, -0.15) is 0 Å². The highest BCUT2D eigenvalue weighted by Crippen LogP contribution is 2.32. The van der Waals surface area contributed by atoms with Gasteiger partial charge in [-0.05, 0) is 63.4 Å². The maximum absolute atomic E-state index is 11.7. The van der Waals surface area contributed by atoms with Gasteiger partial charge in [0.25, 0.3) is 0 Å². The van der Waals surface area contributed by atoms with Crippen molar-refractivity contribution in [3.63, 3.8) is 0 Å². The summed E-state index contributed by atoms with van der Waals surface area (Å²) < 4.78 is 1.86. The van der Waals surface area contributed by atoms with Crippen LogP contribution in [-0.2, 0) is 4.79 Å². The minimum atomic E-state index is -0.319. The Bertz CT molecular complexity index is 437. The summed E-state index contributed by atoms with van der Waals surface area (Å²) in [4.78, 5) is 11.7. The lowest BCUT2D eigenvalue weighted by molar-refractivity contribution is -0.121. The van der Waals surface area contributed by atoms with Gasteiger partial charge in [0.05, 0.1) is 5.69 Å². The molecule has 5 heteroatoms. The summed E-state index contributed by atoms with van der Waals surface area (Å²) in [6.07, 6.45) is 1.66. The number of aryl methyl sites for hydroxylation is 1. The summed E-state index contributed by atoms with van der Waals surface area (Å²) in [5, 5.41) is 5.93. The number of carbonyl (C=O) groups excluding carboxylic acids is 1. The molecule has 0 spiro atoms. The average Bonchev–Trinajstić information content (AvgIpc) is 2.30. The highest BCUT2D eigenvalue weighted by Gasteiger charge is 2.15. The van der Waals surface area contributed by atoms with E-state index in [2.05, 4.69) is 49.1 Å². The lowest BCUT2D eigenvalue weighted by atomic mass is 10.2. The van der Waals surface area contributed by atoms with Crippen LogP contribution in [0.4, 0.5) is 5.69 Å². The Morgan fingerprint density at radius 1 is 1.44 bits per heavy atom. The zero-order valence-electron chi connectivity index (χ0n) is 10.4. The highest BCUT2D eigenvalue weighted by molar-refractivity contribution is 9.11. The number of benzene rings is 1. The van der Waals surface area contributed by atoms with E-state index >= 15 is 0 Å². The van der Waals surface area contributed by atoms with Crippen LogP contribution in [0.3, 0.4) is 0 Å². The first-order valence-electron chi connectivity index (χ1n) is 5.56. The van der Waals surface area contributed by atoms with Crippen LogP contribution in [0.5, 0.6) is 0 Å². The smallest absolute Gasteiger partial charge is 0.242 e. The van der Waals surface area contributed by atoms with Crippen LogP contribution in [0.1, 0.15) is 12.5 Å². The summed E-state index contributed by atoms with van der Waals surface area (Å²) in [5.41, 5.74) is 2.02. The Balaban J connectivity index is 2.78. The van der Waals surface area contributed by atoms with Crippen LogP contribution in [0.2, 0.25) is 0 Å². The maximum Gasteiger partial charge on any atom is 0.242 e. The fourth-order valence-corrected chi connectivity index (χ4v) is 3.09. The molecule has 18 heavy (non-hydrogen) atoms. The van der Waals surface area contributed by atoms with E-state index in [1.165, 1.54) is 0 Å². The number of amides is 1. The van der Waals surface area contributed by atoms with E-state index in [1.807, 2.05) is 26.0 Å². The minimum absolute atomic E-state index is 0.0609. The van der Waals surface area contributed by atoms with E-state index in [1.54, 1.807) is 6.08 Å². The van der Waals surface area contributed by atoms with Crippen molar-refractivity contribution >= 4 is 43.5 Å². The lowest BCUT2D eigenvalue weighted by Crippen LogP contribution is -2.37. The van der Waals surface area contributed by atoms with Gasteiger partial charge in [-0.1, -0.05) is 6.08 Å². The topological polar surface area (TPSA) is 41.1 Å². The standard InChI is InChI=1S/C13H16Br2N2O/c1-4-5-16-13(18)9(3)17-12-10(14)6-8(2)7-11(12)15/h4,6-7,9,17H,1,5H2,2-3H3,(H,16,18). The summed E-state index contributed by atoms with van der Waals surface area (Å²) in [6, 6.07) is 3.68. The van der Waals surface area contributed by atoms with Gasteiger partial charge in [0.15, 0.2) is 0 Å². The van der Waals surface area contributed by atoms with Gasteiger partial charge in [-0.3, -0.25) is 4.79 Å². The lowest BCUT2D eigenvalue weighted by Gasteiger charge is -2.17. The van der Waals surface area contributed by atoms with Gasteiger partial charge in [-0.15, -0.1) is 6.58 Å². The van der Waals surface area contributed by atoms with Crippen LogP contribution in [-0.4, -0.2) is 18.5 Å². The number of hydrogen-bond donors (Lipinski definition) is 2. The fourth-order valence-electron chi connectivity index (χ4n) is 1.45. The molecule has 0 heterocycles. The molecule has 1 rings (SSSR count). The summed E-state index contributed by atoms with van der Waals surface area (Å²) in [6.45, 7) is 7.87. The van der Waals surface area contributed by atoms with E-state index in [0.717, 1.165) is 20.2 Å². The van der Waals surface area contributed by atoms with Crippen LogP contribution >= 0.6 is 31.9 Å². The first-order valence-corrected chi connectivity index (χ1v) is 7.15. The maximum atomic E-state index is 11.7. The third kappa shape index (κ3) is 4.14. The SMILES string of the molecule is C=CCNC(=O)C(C)Nc1c(Br)cc(C)cc1Br. The molecule has 0 fully saturated rings. The molecule has 0 bridgehead atoms. The monoisotopic (exact) mass is 374 g/mol. The van der Waals surface area contributed by atoms with Crippen molar-refractivity contribution in [3.05, 3.63) is 39.3 Å². The number of hydrogen-bond acceptors (Lipinski definition) is 2. The summed E-state index contributed by atoms with van der Waals surface area (Å²) in [7, 11) is 0. The van der Waals surface area contributed by atoms with Crippen molar-refractivity contribution in [1.29, 1.82) is 0 Å². The average molecular weight is 376 g/mol. The van der Waals surface area contributed by atoms with E-state index in [9.17, 15) is 4.79 Å². The Labute approximate surface area is 124 Å². The Kier molecular flexibility index (Phi) is 5.88. The molecule has 98 valence electrons. The minimum Gasteiger partial charge on any atom is -0.372 e. The van der Waals surface area contributed by atoms with Crippen molar-refractivity contribution in [3.8, 4) is 0 Å². The van der Waals surface area contributed by atoms with Crippen LogP contribution in [0, 0.1) is 6.92 Å². The molecule has 1 aromatic carbocycles. The van der Waals surface area contributed by atoms with Gasteiger partial charge >= 0.3 is 0 Å². The predicted molar refractivity (Wildman–Crippen MR) is 82.9 cm³/mol. The van der Waals surface area contributed by atoms with Gasteiger partial charge in [-0.25, -0.2) is 0 Å². The van der Waals surface area contributed by atoms with E-state index < -0.39 is 0 Å². The molecule has 0 aliphatic carbocycles. The second kappa shape index (κ2) is 6.95. The largest absolute Gasteiger partial charge is 0.372 e. The summed E-state index contributed by atoms with van der Waals surface area (Å²) in [5.74, 6) is -0.0609. The van der Waals surface area contributed by atoms with E-state index in [-0.39, 0.29) is 11.9 Å². The molecule has 0 aliphatic rings. The molecule has 1 unspecified atom stereocenters. The van der Waals surface area contributed by atoms with Crippen molar-refractivity contribution in [2.24, 2.45) is 0 Å². The predicted octanol–water partition coefficient (Wildman–Crippen LogP) is 3.62. The third-order valence-corrected chi connectivity index (χ3v) is 3.61. The molecular formula is C13H16Br2N2O. The Morgan fingerprint density at radius 3 is 2.50 bits per heavy atom. The molecule has 3 nitrogen and oxygen atoms in total. The molecule has 0 saturated carbocycles. The third-order valence-electron chi connectivity index (χ3n) is 2.36. The quantitative estimate of drug-likeness (QED) is 0.771. The first-order chi connectivity index (χ1) is 8.45.